The zero-order valence-electron chi connectivity index (χ0n) is 24.3. The van der Waals surface area contributed by atoms with Gasteiger partial charge < -0.3 is 30.1 Å². The van der Waals surface area contributed by atoms with Gasteiger partial charge in [-0.25, -0.2) is 0 Å². The van der Waals surface area contributed by atoms with Crippen molar-refractivity contribution in [3.8, 4) is 5.75 Å². The zero-order valence-corrected chi connectivity index (χ0v) is 26.7. The minimum Gasteiger partial charge on any atom is -0.489 e. The lowest BCUT2D eigenvalue weighted by Crippen LogP contribution is -2.50. The molecule has 2 N–H and O–H groups in total. The molecule has 3 aliphatic heterocycles. The Kier molecular flexibility index (Phi) is 10.7. The first-order valence-electron chi connectivity index (χ1n) is 15.4. The summed E-state index contributed by atoms with van der Waals surface area (Å²) in [5, 5.41) is 6.77. The first kappa shape index (κ1) is 31.1. The summed E-state index contributed by atoms with van der Waals surface area (Å²) in [5.74, 6) is 1.47. The van der Waals surface area contributed by atoms with Crippen LogP contribution in [0.3, 0.4) is 0 Å². The van der Waals surface area contributed by atoms with Crippen LogP contribution in [0.15, 0.2) is 40.9 Å². The average Bonchev–Trinajstić information content (AvgIpc) is 3.54. The molecule has 4 aliphatic rings. The molecule has 1 aliphatic carbocycles. The number of amides is 2. The molecule has 0 aromatic heterocycles. The molecule has 0 unspecified atom stereocenters. The van der Waals surface area contributed by atoms with Crippen LogP contribution in [0.25, 0.3) is 0 Å². The van der Waals surface area contributed by atoms with Crippen LogP contribution in [0.5, 0.6) is 5.75 Å². The molecule has 42 heavy (non-hydrogen) atoms. The van der Waals surface area contributed by atoms with Crippen molar-refractivity contribution in [2.24, 2.45) is 0 Å². The van der Waals surface area contributed by atoms with E-state index in [2.05, 4.69) is 43.6 Å². The van der Waals surface area contributed by atoms with Crippen LogP contribution in [0.1, 0.15) is 70.7 Å². The van der Waals surface area contributed by atoms with E-state index < -0.39 is 0 Å². The third kappa shape index (κ3) is 7.24. The Morgan fingerprint density at radius 3 is 2.12 bits per heavy atom. The Hall–Kier alpha value is -2.33. The molecule has 1 saturated carbocycles. The number of rotatable bonds is 6. The second-order valence-electron chi connectivity index (χ2n) is 11.8. The van der Waals surface area contributed by atoms with Gasteiger partial charge in [-0.2, -0.15) is 0 Å². The van der Waals surface area contributed by atoms with Crippen LogP contribution in [-0.4, -0.2) is 93.2 Å². The smallest absolute Gasteiger partial charge is 0.254 e. The van der Waals surface area contributed by atoms with Gasteiger partial charge in [-0.15, -0.1) is 12.4 Å². The average molecular weight is 661 g/mol. The van der Waals surface area contributed by atoms with Crippen molar-refractivity contribution < 1.29 is 14.3 Å². The fraction of sp³-hybridized carbons (Fsp3) is 0.562. The van der Waals surface area contributed by atoms with E-state index in [1.165, 1.54) is 24.8 Å². The van der Waals surface area contributed by atoms with Crippen molar-refractivity contribution in [3.63, 3.8) is 0 Å². The van der Waals surface area contributed by atoms with Crippen LogP contribution in [0.4, 0.5) is 5.69 Å². The Balaban J connectivity index is 0.00000353. The van der Waals surface area contributed by atoms with Gasteiger partial charge in [0.25, 0.3) is 11.8 Å². The molecule has 0 radical (unpaired) electrons. The van der Waals surface area contributed by atoms with Gasteiger partial charge in [0.1, 0.15) is 11.9 Å². The number of carbonyl (C=O) groups excluding carboxylic acids is 2. The van der Waals surface area contributed by atoms with Gasteiger partial charge in [-0.1, -0.05) is 35.2 Å². The van der Waals surface area contributed by atoms with Gasteiger partial charge in [0, 0.05) is 80.2 Å². The molecule has 8 nitrogen and oxygen atoms in total. The molecular weight excluding hydrogens is 618 g/mol. The fourth-order valence-electron chi connectivity index (χ4n) is 6.71. The number of piperazine rings is 2. The lowest BCUT2D eigenvalue weighted by atomic mass is 9.83. The first-order valence-corrected chi connectivity index (χ1v) is 16.2. The standard InChI is InChI=1S/C32H42BrN5O3.ClH/c33-26-18-25(19-27(21-26)36-12-10-34-11-13-36)32(40)38-16-14-37(15-17-38)31(39)24-6-7-30(41-28-8-9-35-22-28)29(20-24)23-4-2-1-3-5-23;/h6-7,18-21,23,28,34-35H,1-5,8-17,22H2;1H/t28-;/m0./s1. The highest BCUT2D eigenvalue weighted by molar-refractivity contribution is 9.10. The molecule has 0 bridgehead atoms. The second kappa shape index (κ2) is 14.4. The maximum absolute atomic E-state index is 13.7. The van der Waals surface area contributed by atoms with Gasteiger partial charge in [0.05, 0.1) is 0 Å². The number of ether oxygens (including phenoxy) is 1. The Morgan fingerprint density at radius 1 is 0.762 bits per heavy atom. The minimum atomic E-state index is 0. The number of hydrogen-bond acceptors (Lipinski definition) is 6. The summed E-state index contributed by atoms with van der Waals surface area (Å²) in [4.78, 5) is 33.2. The van der Waals surface area contributed by atoms with Crippen molar-refractivity contribution in [2.75, 3.05) is 70.3 Å². The third-order valence-corrected chi connectivity index (χ3v) is 9.53. The maximum Gasteiger partial charge on any atom is 0.254 e. The van der Waals surface area contributed by atoms with Crippen molar-refractivity contribution in [3.05, 3.63) is 57.6 Å². The van der Waals surface area contributed by atoms with Gasteiger partial charge in [0.2, 0.25) is 0 Å². The lowest BCUT2D eigenvalue weighted by Gasteiger charge is -2.35. The summed E-state index contributed by atoms with van der Waals surface area (Å²) in [6.07, 6.45) is 7.29. The van der Waals surface area contributed by atoms with Crippen LogP contribution in [0.2, 0.25) is 0 Å². The topological polar surface area (TPSA) is 77.2 Å². The fourth-order valence-corrected chi connectivity index (χ4v) is 7.19. The Morgan fingerprint density at radius 2 is 1.45 bits per heavy atom. The quantitative estimate of drug-likeness (QED) is 0.470. The highest BCUT2D eigenvalue weighted by Gasteiger charge is 2.29. The molecule has 6 rings (SSSR count). The summed E-state index contributed by atoms with van der Waals surface area (Å²) in [7, 11) is 0. The van der Waals surface area contributed by atoms with E-state index >= 15 is 0 Å². The number of nitrogens with zero attached hydrogens (tertiary/aromatic N) is 3. The van der Waals surface area contributed by atoms with Crippen molar-refractivity contribution in [2.45, 2.75) is 50.5 Å². The molecule has 3 saturated heterocycles. The van der Waals surface area contributed by atoms with Crippen molar-refractivity contribution >= 4 is 45.8 Å². The van der Waals surface area contributed by atoms with Crippen molar-refractivity contribution in [1.82, 2.24) is 20.4 Å². The number of benzene rings is 2. The summed E-state index contributed by atoms with van der Waals surface area (Å²) >= 11 is 3.61. The Bertz CT molecular complexity index is 1240. The van der Waals surface area contributed by atoms with Crippen LogP contribution in [0, 0.1) is 0 Å². The molecule has 3 heterocycles. The first-order chi connectivity index (χ1) is 20.0. The number of carbonyl (C=O) groups is 2. The summed E-state index contributed by atoms with van der Waals surface area (Å²) < 4.78 is 7.35. The molecular formula is C32H43BrClN5O3. The van der Waals surface area contributed by atoms with E-state index in [9.17, 15) is 9.59 Å². The van der Waals surface area contributed by atoms with Crippen molar-refractivity contribution in [1.29, 1.82) is 0 Å². The zero-order chi connectivity index (χ0) is 28.2. The van der Waals surface area contributed by atoms with E-state index in [0.717, 1.165) is 80.0 Å². The molecule has 2 aromatic rings. The van der Waals surface area contributed by atoms with E-state index in [1.54, 1.807) is 0 Å². The van der Waals surface area contributed by atoms with Gasteiger partial charge >= 0.3 is 0 Å². The minimum absolute atomic E-state index is 0. The molecule has 10 heteroatoms. The molecule has 2 amide bonds. The largest absolute Gasteiger partial charge is 0.489 e. The van der Waals surface area contributed by atoms with E-state index in [1.807, 2.05) is 34.1 Å². The van der Waals surface area contributed by atoms with Crippen LogP contribution < -0.4 is 20.3 Å². The number of hydrogen-bond donors (Lipinski definition) is 2. The van der Waals surface area contributed by atoms with E-state index in [-0.39, 0.29) is 30.3 Å². The van der Waals surface area contributed by atoms with Gasteiger partial charge in [0.15, 0.2) is 0 Å². The van der Waals surface area contributed by atoms with Gasteiger partial charge in [-0.3, -0.25) is 9.59 Å². The molecule has 1 atom stereocenters. The maximum atomic E-state index is 13.7. The summed E-state index contributed by atoms with van der Waals surface area (Å²) in [6, 6.07) is 12.1. The predicted molar refractivity (Wildman–Crippen MR) is 172 cm³/mol. The van der Waals surface area contributed by atoms with Gasteiger partial charge in [-0.05, 0) is 73.7 Å². The van der Waals surface area contributed by atoms with E-state index in [4.69, 9.17) is 4.74 Å². The lowest BCUT2D eigenvalue weighted by molar-refractivity contribution is 0.0535. The number of nitrogens with one attached hydrogen (secondary N) is 2. The molecule has 2 aromatic carbocycles. The molecule has 228 valence electrons. The Labute approximate surface area is 264 Å². The SMILES string of the molecule is Cl.O=C(c1cc(Br)cc(N2CCNCC2)c1)N1CCN(C(=O)c2ccc(O[C@H]3CCNC3)c(C3CCCCC3)c2)CC1. The molecule has 4 fully saturated rings. The number of anilines is 1. The summed E-state index contributed by atoms with van der Waals surface area (Å²) in [6.45, 7) is 7.76. The molecule has 0 spiro atoms. The highest BCUT2D eigenvalue weighted by Crippen LogP contribution is 2.39. The second-order valence-corrected chi connectivity index (χ2v) is 12.8. The third-order valence-electron chi connectivity index (χ3n) is 9.08. The van der Waals surface area contributed by atoms with Crippen LogP contribution >= 0.6 is 28.3 Å². The van der Waals surface area contributed by atoms with E-state index in [0.29, 0.717) is 37.7 Å². The monoisotopic (exact) mass is 659 g/mol. The normalized spacial score (nSPS) is 21.6. The highest BCUT2D eigenvalue weighted by atomic mass is 79.9. The number of halogens is 2. The van der Waals surface area contributed by atoms with Crippen LogP contribution in [-0.2, 0) is 0 Å². The predicted octanol–water partition coefficient (Wildman–Crippen LogP) is 4.67. The summed E-state index contributed by atoms with van der Waals surface area (Å²) in [5.41, 5.74) is 3.70.